The van der Waals surface area contributed by atoms with E-state index in [0.717, 1.165) is 24.0 Å². The van der Waals surface area contributed by atoms with Gasteiger partial charge in [0, 0.05) is 12.8 Å². The van der Waals surface area contributed by atoms with E-state index < -0.39 is 14.3 Å². The molecule has 2 aliphatic carbocycles. The molecule has 4 radical (unpaired) electrons. The zero-order chi connectivity index (χ0) is 17.0. The van der Waals surface area contributed by atoms with Crippen molar-refractivity contribution < 1.29 is 18.6 Å². The predicted molar refractivity (Wildman–Crippen MR) is 95.3 cm³/mol. The summed E-state index contributed by atoms with van der Waals surface area (Å²) in [7, 11) is 6.49. The van der Waals surface area contributed by atoms with Crippen LogP contribution in [0.3, 0.4) is 0 Å². The molecule has 0 aromatic heterocycles. The monoisotopic (exact) mass is 340 g/mol. The first-order chi connectivity index (χ1) is 10.1. The first-order valence-electron chi connectivity index (χ1n) is 7.18. The fourth-order valence-corrected chi connectivity index (χ4v) is 2.61. The van der Waals surface area contributed by atoms with Crippen molar-refractivity contribution in [2.75, 3.05) is 39.4 Å². The van der Waals surface area contributed by atoms with Crippen LogP contribution in [0.4, 0.5) is 0 Å². The molecule has 2 fully saturated rings. The normalized spacial score (nSPS) is 27.5. The van der Waals surface area contributed by atoms with E-state index in [4.69, 9.17) is 25.2 Å². The Morgan fingerprint density at radius 3 is 1.41 bits per heavy atom. The summed E-state index contributed by atoms with van der Waals surface area (Å²) in [4.78, 5) is 0. The molecule has 0 bridgehead atoms. The van der Waals surface area contributed by atoms with E-state index in [1.54, 1.807) is 38.6 Å². The summed E-state index contributed by atoms with van der Waals surface area (Å²) < 4.78 is 33.0. The van der Waals surface area contributed by atoms with Gasteiger partial charge in [0.2, 0.25) is 0 Å². The van der Waals surface area contributed by atoms with Crippen LogP contribution in [-0.2, 0) is 18.6 Å². The lowest BCUT2D eigenvalue weighted by molar-refractivity contribution is 0.170. The highest BCUT2D eigenvalue weighted by Crippen LogP contribution is 2.41. The molecule has 0 amide bonds. The minimum absolute atomic E-state index is 0.160. The smallest absolute Gasteiger partial charge is 0.106 e. The van der Waals surface area contributed by atoms with E-state index in [2.05, 4.69) is 0 Å². The fraction of sp³-hybridized carbons (Fsp3) is 0.714. The zero-order valence-corrected chi connectivity index (χ0v) is 15.6. The average molecular weight is 340 g/mol. The van der Waals surface area contributed by atoms with Crippen LogP contribution in [0.25, 0.3) is 0 Å². The van der Waals surface area contributed by atoms with E-state index in [-0.39, 0.29) is 12.2 Å². The van der Waals surface area contributed by atoms with Crippen molar-refractivity contribution in [3.63, 3.8) is 0 Å². The molecule has 0 aromatic carbocycles. The lowest BCUT2D eigenvalue weighted by Gasteiger charge is -2.05. The Labute approximate surface area is 136 Å². The minimum atomic E-state index is -2.01. The first kappa shape index (κ1) is 20.0. The maximum atomic E-state index is 11.2. The second kappa shape index (κ2) is 8.20. The Morgan fingerprint density at radius 2 is 1.23 bits per heavy atom. The van der Waals surface area contributed by atoms with Gasteiger partial charge in [-0.2, -0.15) is 0 Å². The highest BCUT2D eigenvalue weighted by molar-refractivity contribution is 7.62. The summed E-state index contributed by atoms with van der Waals surface area (Å²) in [5, 5.41) is 0. The molecule has 2 aliphatic rings. The maximum Gasteiger partial charge on any atom is 0.106 e. The van der Waals surface area contributed by atoms with Crippen LogP contribution in [0.15, 0.2) is 23.1 Å². The average Bonchev–Trinajstić information content (AvgIpc) is 3.27. The Morgan fingerprint density at radius 1 is 0.909 bits per heavy atom. The summed E-state index contributed by atoms with van der Waals surface area (Å²) in [6, 6.07) is 0. The van der Waals surface area contributed by atoms with Crippen molar-refractivity contribution in [1.29, 1.82) is 0 Å². The van der Waals surface area contributed by atoms with Crippen LogP contribution < -0.4 is 0 Å². The third-order valence-corrected chi connectivity index (χ3v) is 4.49. The molecule has 2 rings (SSSR count). The van der Waals surface area contributed by atoms with E-state index in [1.807, 2.05) is 0 Å². The van der Waals surface area contributed by atoms with Gasteiger partial charge in [-0.15, -0.1) is 12.0 Å². The van der Waals surface area contributed by atoms with Crippen LogP contribution in [0.2, 0.25) is 0 Å². The van der Waals surface area contributed by atoms with E-state index >= 15 is 0 Å². The van der Waals surface area contributed by atoms with Crippen molar-refractivity contribution in [3.8, 4) is 0 Å². The summed E-state index contributed by atoms with van der Waals surface area (Å²) in [6.45, 7) is 6.89. The lowest BCUT2D eigenvalue weighted by atomic mass is 10.1. The Kier molecular flexibility index (Phi) is 7.46. The molecular weight excluding hydrogens is 316 g/mol. The molecule has 0 spiro atoms. The predicted octanol–water partition coefficient (Wildman–Crippen LogP) is 2.82. The number of ether oxygens (including phenoxy) is 2. The summed E-state index contributed by atoms with van der Waals surface area (Å²) in [5.74, 6) is 3.14. The molecule has 0 heterocycles. The molecule has 0 aromatic rings. The summed E-state index contributed by atoms with van der Waals surface area (Å²) in [5.41, 5.74) is 2.25. The molecule has 0 aliphatic heterocycles. The van der Waals surface area contributed by atoms with Crippen molar-refractivity contribution in [2.45, 2.75) is 25.0 Å². The molecule has 2 saturated carbocycles. The molecule has 2 atom stereocenters. The van der Waals surface area contributed by atoms with Crippen LogP contribution >= 0.6 is 14.3 Å². The number of rotatable bonds is 6. The Bertz CT molecular complexity index is 485. The zero-order valence-electron chi connectivity index (χ0n) is 13.8. The van der Waals surface area contributed by atoms with Gasteiger partial charge in [0.05, 0.1) is 24.9 Å². The maximum absolute atomic E-state index is 11.2. The molecule has 0 saturated heterocycles. The van der Waals surface area contributed by atoms with Crippen molar-refractivity contribution >= 4 is 30.0 Å². The van der Waals surface area contributed by atoms with Gasteiger partial charge in [-0.25, -0.2) is 0 Å². The van der Waals surface area contributed by atoms with Gasteiger partial charge in [0.25, 0.3) is 0 Å². The second-order valence-electron chi connectivity index (χ2n) is 6.61. The van der Waals surface area contributed by atoms with Crippen molar-refractivity contribution in [1.82, 2.24) is 0 Å². The Hall–Kier alpha value is -0.0101. The molecule has 8 heteroatoms. The third kappa shape index (κ3) is 9.20. The summed E-state index contributed by atoms with van der Waals surface area (Å²) >= 11 is 0. The number of hydrogen-bond donors (Lipinski definition) is 0. The quantitative estimate of drug-likeness (QED) is 0.551. The third-order valence-electron chi connectivity index (χ3n) is 2.95. The van der Waals surface area contributed by atoms with Gasteiger partial charge < -0.3 is 18.6 Å². The van der Waals surface area contributed by atoms with Crippen molar-refractivity contribution in [3.05, 3.63) is 23.1 Å². The molecule has 120 valence electrons. The van der Waals surface area contributed by atoms with Crippen LogP contribution in [0.1, 0.15) is 12.8 Å². The van der Waals surface area contributed by atoms with E-state index in [9.17, 15) is 9.13 Å². The van der Waals surface area contributed by atoms with Gasteiger partial charge in [-0.1, -0.05) is 11.1 Å². The largest absolute Gasteiger partial charge is 0.366 e. The fourth-order valence-electron chi connectivity index (χ4n) is 1.53. The second-order valence-corrected chi connectivity index (χ2v) is 13.4. The van der Waals surface area contributed by atoms with Gasteiger partial charge in [0.1, 0.15) is 30.0 Å². The molecule has 0 N–H and O–H groups in total. The minimum Gasteiger partial charge on any atom is -0.366 e. The molecule has 2 unspecified atom stereocenters. The molecule has 22 heavy (non-hydrogen) atoms. The SMILES string of the molecule is [B]/C=C1/CC1OCP(C)(C)=O.[B]/C=C1\CC1OCP(C)(C)=O. The first-order valence-corrected chi connectivity index (χ1v) is 12.8. The topological polar surface area (TPSA) is 52.6 Å². The molecular formula is C14H24B2O4P2. The summed E-state index contributed by atoms with van der Waals surface area (Å²) in [6.07, 6.45) is 2.89. The lowest BCUT2D eigenvalue weighted by Crippen LogP contribution is -1.96. The van der Waals surface area contributed by atoms with Gasteiger partial charge in [0.15, 0.2) is 0 Å². The van der Waals surface area contributed by atoms with Crippen LogP contribution in [0.5, 0.6) is 0 Å². The van der Waals surface area contributed by atoms with Crippen LogP contribution in [0, 0.1) is 0 Å². The van der Waals surface area contributed by atoms with Gasteiger partial charge in [-0.3, -0.25) is 0 Å². The van der Waals surface area contributed by atoms with Crippen molar-refractivity contribution in [2.24, 2.45) is 0 Å². The Balaban J connectivity index is 0.000000220. The van der Waals surface area contributed by atoms with Crippen LogP contribution in [-0.4, -0.2) is 67.3 Å². The molecule has 4 nitrogen and oxygen atoms in total. The van der Waals surface area contributed by atoms with E-state index in [0.29, 0.717) is 12.7 Å². The van der Waals surface area contributed by atoms with Gasteiger partial charge in [-0.05, 0) is 26.7 Å². The highest BCUT2D eigenvalue weighted by atomic mass is 31.2. The standard InChI is InChI=1S/2C7H12BO2P/c2*1-11(2,9)5-10-7-3-6(7)4-8/h2*4,7H,3,5H2,1-2H3/b6-4+;6-4-. The van der Waals surface area contributed by atoms with Gasteiger partial charge >= 0.3 is 0 Å². The highest BCUT2D eigenvalue weighted by Gasteiger charge is 2.30. The van der Waals surface area contributed by atoms with E-state index in [1.165, 1.54) is 0 Å². The number of hydrogen-bond acceptors (Lipinski definition) is 4.